The van der Waals surface area contributed by atoms with E-state index in [2.05, 4.69) is 0 Å². The van der Waals surface area contributed by atoms with Crippen molar-refractivity contribution in [2.24, 2.45) is 0 Å². The Balaban J connectivity index is 1.47. The summed E-state index contributed by atoms with van der Waals surface area (Å²) in [6, 6.07) is 14.2. The third kappa shape index (κ3) is 9.45. The van der Waals surface area contributed by atoms with Crippen molar-refractivity contribution in [1.82, 2.24) is 0 Å². The number of sulfone groups is 2. The third-order valence-electron chi connectivity index (χ3n) is 5.84. The lowest BCUT2D eigenvalue weighted by Gasteiger charge is -2.06. The van der Waals surface area contributed by atoms with Gasteiger partial charge in [0.15, 0.2) is 19.7 Å². The van der Waals surface area contributed by atoms with Crippen LogP contribution in [0.1, 0.15) is 75.3 Å². The first-order valence-corrected chi connectivity index (χ1v) is 15.1. The summed E-state index contributed by atoms with van der Waals surface area (Å²) in [6.07, 6.45) is 10.0. The summed E-state index contributed by atoms with van der Waals surface area (Å²) in [5, 5.41) is 0. The molecule has 0 radical (unpaired) electrons. The van der Waals surface area contributed by atoms with Crippen LogP contribution >= 0.6 is 0 Å². The van der Waals surface area contributed by atoms with Gasteiger partial charge in [-0.05, 0) is 51.0 Å². The average molecular weight is 479 g/mol. The van der Waals surface area contributed by atoms with Crippen molar-refractivity contribution in [3.8, 4) is 0 Å². The van der Waals surface area contributed by atoms with E-state index in [0.717, 1.165) is 62.5 Å². The number of aryl methyl sites for hydroxylation is 2. The Morgan fingerprint density at radius 3 is 0.969 bits per heavy atom. The molecule has 2 rings (SSSR count). The minimum absolute atomic E-state index is 0.224. The highest BCUT2D eigenvalue weighted by Gasteiger charge is 2.14. The van der Waals surface area contributed by atoms with E-state index < -0.39 is 19.7 Å². The van der Waals surface area contributed by atoms with Gasteiger partial charge < -0.3 is 0 Å². The molecule has 2 aromatic rings. The summed E-state index contributed by atoms with van der Waals surface area (Å²) < 4.78 is 49.3. The van der Waals surface area contributed by atoms with Gasteiger partial charge in [-0.25, -0.2) is 16.8 Å². The van der Waals surface area contributed by atoms with Gasteiger partial charge >= 0.3 is 0 Å². The van der Waals surface area contributed by atoms with Crippen LogP contribution in [0.15, 0.2) is 58.3 Å². The highest BCUT2D eigenvalue weighted by molar-refractivity contribution is 7.91. The molecule has 0 aliphatic rings. The fourth-order valence-electron chi connectivity index (χ4n) is 3.73. The van der Waals surface area contributed by atoms with Crippen molar-refractivity contribution < 1.29 is 16.8 Å². The van der Waals surface area contributed by atoms with Gasteiger partial charge in [0.2, 0.25) is 0 Å². The second-order valence-corrected chi connectivity index (χ2v) is 13.0. The second kappa shape index (κ2) is 13.1. The minimum Gasteiger partial charge on any atom is -0.224 e. The van der Waals surface area contributed by atoms with Crippen molar-refractivity contribution in [1.29, 1.82) is 0 Å². The molecule has 0 spiro atoms. The van der Waals surface area contributed by atoms with Gasteiger partial charge in [-0.15, -0.1) is 0 Å². The zero-order valence-corrected chi connectivity index (χ0v) is 21.2. The van der Waals surface area contributed by atoms with Crippen LogP contribution in [0.4, 0.5) is 0 Å². The SMILES string of the molecule is Cc1ccc(S(=O)(=O)CCCCCCCCCCCCS(=O)(=O)c2ccc(C)cc2)cc1. The standard InChI is InChI=1S/C26H38O4S2/c1-23-13-17-25(18-14-23)31(27,28)21-11-9-7-5-3-4-6-8-10-12-22-32(29,30)26-19-15-24(2)16-20-26/h13-20H,3-12,21-22H2,1-2H3. The summed E-state index contributed by atoms with van der Waals surface area (Å²) in [5.74, 6) is 0.448. The van der Waals surface area contributed by atoms with Gasteiger partial charge in [-0.2, -0.15) is 0 Å². The Hall–Kier alpha value is -1.66. The Kier molecular flexibility index (Phi) is 10.9. The van der Waals surface area contributed by atoms with Gasteiger partial charge in [0.1, 0.15) is 0 Å². The summed E-state index contributed by atoms with van der Waals surface area (Å²) in [7, 11) is -6.32. The maximum absolute atomic E-state index is 12.3. The highest BCUT2D eigenvalue weighted by atomic mass is 32.2. The number of benzene rings is 2. The minimum atomic E-state index is -3.16. The predicted molar refractivity (Wildman–Crippen MR) is 133 cm³/mol. The molecule has 0 saturated heterocycles. The van der Waals surface area contributed by atoms with Crippen LogP contribution in [0.25, 0.3) is 0 Å². The van der Waals surface area contributed by atoms with E-state index in [0.29, 0.717) is 22.6 Å². The van der Waals surface area contributed by atoms with Gasteiger partial charge in [0, 0.05) is 0 Å². The largest absolute Gasteiger partial charge is 0.224 e. The predicted octanol–water partition coefficient (Wildman–Crippen LogP) is 6.45. The lowest BCUT2D eigenvalue weighted by Crippen LogP contribution is -2.06. The number of rotatable bonds is 15. The van der Waals surface area contributed by atoms with Crippen molar-refractivity contribution in [3.05, 3.63) is 59.7 Å². The maximum Gasteiger partial charge on any atom is 0.178 e. The summed E-state index contributed by atoms with van der Waals surface area (Å²) in [5.41, 5.74) is 2.13. The lowest BCUT2D eigenvalue weighted by atomic mass is 10.1. The van der Waals surface area contributed by atoms with E-state index in [-0.39, 0.29) is 11.5 Å². The molecule has 0 atom stereocenters. The van der Waals surface area contributed by atoms with Gasteiger partial charge in [0.25, 0.3) is 0 Å². The first-order chi connectivity index (χ1) is 15.2. The van der Waals surface area contributed by atoms with Gasteiger partial charge in [-0.3, -0.25) is 0 Å². The van der Waals surface area contributed by atoms with Crippen LogP contribution in [0.5, 0.6) is 0 Å². The quantitative estimate of drug-likeness (QED) is 0.276. The third-order valence-corrected chi connectivity index (χ3v) is 9.47. The molecule has 4 nitrogen and oxygen atoms in total. The number of unbranched alkanes of at least 4 members (excludes halogenated alkanes) is 9. The number of hydrogen-bond donors (Lipinski definition) is 0. The van der Waals surface area contributed by atoms with Crippen molar-refractivity contribution in [2.75, 3.05) is 11.5 Å². The second-order valence-electron chi connectivity index (χ2n) is 8.80. The fraction of sp³-hybridized carbons (Fsp3) is 0.538. The molecule has 0 N–H and O–H groups in total. The van der Waals surface area contributed by atoms with E-state index >= 15 is 0 Å². The molecule has 178 valence electrons. The van der Waals surface area contributed by atoms with Gasteiger partial charge in [-0.1, -0.05) is 86.8 Å². The summed E-state index contributed by atoms with van der Waals surface area (Å²) >= 11 is 0. The molecular weight excluding hydrogens is 440 g/mol. The Morgan fingerprint density at radius 1 is 0.438 bits per heavy atom. The summed E-state index contributed by atoms with van der Waals surface area (Å²) in [6.45, 7) is 3.90. The normalized spacial score (nSPS) is 12.2. The van der Waals surface area contributed by atoms with E-state index in [4.69, 9.17) is 0 Å². The fourth-order valence-corrected chi connectivity index (χ4v) is 6.47. The molecule has 0 heterocycles. The molecule has 0 aromatic heterocycles. The average Bonchev–Trinajstić information content (AvgIpc) is 2.75. The maximum atomic E-state index is 12.3. The zero-order valence-electron chi connectivity index (χ0n) is 19.6. The molecule has 2 aromatic carbocycles. The molecule has 0 amide bonds. The molecule has 32 heavy (non-hydrogen) atoms. The highest BCUT2D eigenvalue weighted by Crippen LogP contribution is 2.17. The van der Waals surface area contributed by atoms with Crippen LogP contribution in [0.3, 0.4) is 0 Å². The van der Waals surface area contributed by atoms with Crippen LogP contribution in [-0.4, -0.2) is 28.3 Å². The van der Waals surface area contributed by atoms with Crippen LogP contribution in [0, 0.1) is 13.8 Å². The van der Waals surface area contributed by atoms with E-state index in [9.17, 15) is 16.8 Å². The lowest BCUT2D eigenvalue weighted by molar-refractivity contribution is 0.554. The smallest absolute Gasteiger partial charge is 0.178 e. The van der Waals surface area contributed by atoms with E-state index in [1.54, 1.807) is 24.3 Å². The van der Waals surface area contributed by atoms with Crippen molar-refractivity contribution in [3.63, 3.8) is 0 Å². The molecule has 0 unspecified atom stereocenters. The van der Waals surface area contributed by atoms with Crippen molar-refractivity contribution >= 4 is 19.7 Å². The zero-order chi connectivity index (χ0) is 23.5. The van der Waals surface area contributed by atoms with Crippen LogP contribution in [0.2, 0.25) is 0 Å². The first kappa shape index (κ1) is 26.6. The molecule has 0 fully saturated rings. The van der Waals surface area contributed by atoms with Crippen LogP contribution < -0.4 is 0 Å². The van der Waals surface area contributed by atoms with Crippen LogP contribution in [-0.2, 0) is 19.7 Å². The topological polar surface area (TPSA) is 68.3 Å². The molecule has 0 aliphatic carbocycles. The summed E-state index contributed by atoms with van der Waals surface area (Å²) in [4.78, 5) is 0.851. The Bertz CT molecular complexity index is 921. The molecule has 0 saturated carbocycles. The Morgan fingerprint density at radius 2 is 0.688 bits per heavy atom. The van der Waals surface area contributed by atoms with E-state index in [1.807, 2.05) is 38.1 Å². The molecule has 0 aliphatic heterocycles. The number of hydrogen-bond acceptors (Lipinski definition) is 4. The molecule has 0 bridgehead atoms. The molecule has 6 heteroatoms. The monoisotopic (exact) mass is 478 g/mol. The van der Waals surface area contributed by atoms with Gasteiger partial charge in [0.05, 0.1) is 21.3 Å². The van der Waals surface area contributed by atoms with E-state index in [1.165, 1.54) is 0 Å². The van der Waals surface area contributed by atoms with Crippen molar-refractivity contribution in [2.45, 2.75) is 87.8 Å². The first-order valence-electron chi connectivity index (χ1n) is 11.8. The Labute approximate surface area is 195 Å². The molecular formula is C26H38O4S2.